The number of non-ortho nitro benzene ring substituents is 1. The molecular weight excluding hydrogens is 378 g/mol. The van der Waals surface area contributed by atoms with Crippen LogP contribution in [0.2, 0.25) is 0 Å². The minimum atomic E-state index is -0.414. The summed E-state index contributed by atoms with van der Waals surface area (Å²) in [7, 11) is 3.14. The molecule has 0 spiro atoms. The smallest absolute Gasteiger partial charge is 0.327 e. The molecule has 0 radical (unpaired) electrons. The van der Waals surface area contributed by atoms with E-state index >= 15 is 0 Å². The lowest BCUT2D eigenvalue weighted by Crippen LogP contribution is -2.59. The van der Waals surface area contributed by atoms with Crippen LogP contribution in [0.4, 0.5) is 10.5 Å². The number of carbonyl (C=O) groups is 2. The number of rotatable bonds is 11. The number of hydrogen-bond acceptors (Lipinski definition) is 7. The zero-order valence-corrected chi connectivity index (χ0v) is 16.9. The molecule has 160 valence electrons. The average Bonchev–Trinajstić information content (AvgIpc) is 2.70. The van der Waals surface area contributed by atoms with E-state index in [2.05, 4.69) is 10.2 Å². The largest absolute Gasteiger partial charge is 0.395 e. The minimum absolute atomic E-state index is 0.0443. The summed E-state index contributed by atoms with van der Waals surface area (Å²) in [6, 6.07) is 6.21. The third kappa shape index (κ3) is 6.48. The van der Waals surface area contributed by atoms with E-state index in [1.54, 1.807) is 19.2 Å². The monoisotopic (exact) mass is 407 g/mol. The quantitative estimate of drug-likeness (QED) is 0.408. The van der Waals surface area contributed by atoms with Crippen molar-refractivity contribution in [1.82, 2.24) is 20.0 Å². The molecule has 10 nitrogen and oxygen atoms in total. The van der Waals surface area contributed by atoms with Gasteiger partial charge in [-0.15, -0.1) is 0 Å². The number of benzene rings is 1. The number of nitro groups is 1. The highest BCUT2D eigenvalue weighted by Crippen LogP contribution is 2.14. The highest BCUT2D eigenvalue weighted by Gasteiger charge is 2.33. The normalized spacial score (nSPS) is 17.3. The molecule has 0 aliphatic carbocycles. The van der Waals surface area contributed by atoms with Gasteiger partial charge in [0.1, 0.15) is 0 Å². The van der Waals surface area contributed by atoms with Crippen molar-refractivity contribution in [2.75, 3.05) is 46.9 Å². The number of hydrogen-bond donors (Lipinski definition) is 2. The Hall–Kier alpha value is -2.56. The Labute approximate surface area is 170 Å². The van der Waals surface area contributed by atoms with Crippen LogP contribution in [0.5, 0.6) is 0 Å². The minimum Gasteiger partial charge on any atom is -0.395 e. The SMILES string of the molecule is CN1C(=O)CC(NCCN(CCO)CCCc2ccc([N+](=O)[O-])cc2)N(C)C1=O. The predicted octanol–water partition coefficient (Wildman–Crippen LogP) is 0.651. The number of urea groups is 1. The summed E-state index contributed by atoms with van der Waals surface area (Å²) in [5.74, 6) is -0.207. The summed E-state index contributed by atoms with van der Waals surface area (Å²) in [5, 5.41) is 23.2. The Balaban J connectivity index is 1.75. The van der Waals surface area contributed by atoms with Gasteiger partial charge in [0.25, 0.3) is 5.69 Å². The Kier molecular flexibility index (Phi) is 8.50. The maximum absolute atomic E-state index is 12.0. The number of amides is 3. The second-order valence-electron chi connectivity index (χ2n) is 7.11. The van der Waals surface area contributed by atoms with E-state index < -0.39 is 4.92 Å². The number of nitrogens with one attached hydrogen (secondary N) is 1. The number of aliphatic hydroxyl groups is 1. The van der Waals surface area contributed by atoms with Gasteiger partial charge in [0, 0.05) is 45.9 Å². The Morgan fingerprint density at radius 1 is 1.21 bits per heavy atom. The van der Waals surface area contributed by atoms with Crippen molar-refractivity contribution in [3.63, 3.8) is 0 Å². The van der Waals surface area contributed by atoms with Crippen molar-refractivity contribution in [3.05, 3.63) is 39.9 Å². The van der Waals surface area contributed by atoms with Gasteiger partial charge in [-0.05, 0) is 24.9 Å². The first kappa shape index (κ1) is 22.7. The van der Waals surface area contributed by atoms with E-state index in [9.17, 15) is 24.8 Å². The van der Waals surface area contributed by atoms with Crippen molar-refractivity contribution in [1.29, 1.82) is 0 Å². The Bertz CT molecular complexity index is 711. The van der Waals surface area contributed by atoms with Crippen LogP contribution in [0.15, 0.2) is 24.3 Å². The second kappa shape index (κ2) is 10.8. The van der Waals surface area contributed by atoms with Gasteiger partial charge in [0.15, 0.2) is 0 Å². The molecule has 3 amide bonds. The van der Waals surface area contributed by atoms with E-state index in [1.807, 2.05) is 0 Å². The van der Waals surface area contributed by atoms with Gasteiger partial charge in [-0.3, -0.25) is 30.0 Å². The number of carbonyl (C=O) groups excluding carboxylic acids is 2. The molecule has 0 aromatic heterocycles. The maximum atomic E-state index is 12.0. The van der Waals surface area contributed by atoms with Gasteiger partial charge in [0.2, 0.25) is 5.91 Å². The molecule has 0 saturated carbocycles. The maximum Gasteiger partial charge on any atom is 0.327 e. The molecule has 1 heterocycles. The summed E-state index contributed by atoms with van der Waals surface area (Å²) in [6.45, 7) is 2.59. The number of imide groups is 1. The highest BCUT2D eigenvalue weighted by atomic mass is 16.6. The molecule has 1 atom stereocenters. The van der Waals surface area contributed by atoms with Crippen LogP contribution < -0.4 is 5.32 Å². The van der Waals surface area contributed by atoms with Crippen LogP contribution in [0.3, 0.4) is 0 Å². The molecular formula is C19H29N5O5. The molecule has 1 fully saturated rings. The lowest BCUT2D eigenvalue weighted by Gasteiger charge is -2.37. The molecule has 1 saturated heterocycles. The van der Waals surface area contributed by atoms with Gasteiger partial charge in [-0.25, -0.2) is 4.79 Å². The van der Waals surface area contributed by atoms with Crippen LogP contribution in [-0.4, -0.2) is 89.7 Å². The van der Waals surface area contributed by atoms with Crippen LogP contribution in [-0.2, 0) is 11.2 Å². The third-order valence-corrected chi connectivity index (χ3v) is 5.11. The third-order valence-electron chi connectivity index (χ3n) is 5.11. The lowest BCUT2D eigenvalue weighted by molar-refractivity contribution is -0.384. The molecule has 1 unspecified atom stereocenters. The topological polar surface area (TPSA) is 119 Å². The van der Waals surface area contributed by atoms with Crippen molar-refractivity contribution < 1.29 is 19.6 Å². The first-order valence-corrected chi connectivity index (χ1v) is 9.66. The molecule has 2 rings (SSSR count). The molecule has 10 heteroatoms. The summed E-state index contributed by atoms with van der Waals surface area (Å²) in [4.78, 5) is 38.9. The lowest BCUT2D eigenvalue weighted by atomic mass is 10.1. The summed E-state index contributed by atoms with van der Waals surface area (Å²) in [5.41, 5.74) is 1.11. The van der Waals surface area contributed by atoms with Crippen molar-refractivity contribution in [2.24, 2.45) is 0 Å². The second-order valence-corrected chi connectivity index (χ2v) is 7.11. The van der Waals surface area contributed by atoms with Crippen LogP contribution in [0.25, 0.3) is 0 Å². The van der Waals surface area contributed by atoms with E-state index in [1.165, 1.54) is 24.1 Å². The molecule has 2 N–H and O–H groups in total. The summed E-state index contributed by atoms with van der Waals surface area (Å²) < 4.78 is 0. The Morgan fingerprint density at radius 3 is 2.52 bits per heavy atom. The van der Waals surface area contributed by atoms with Gasteiger partial charge >= 0.3 is 6.03 Å². The van der Waals surface area contributed by atoms with E-state index in [0.29, 0.717) is 19.6 Å². The van der Waals surface area contributed by atoms with E-state index in [0.717, 1.165) is 29.8 Å². The number of nitro benzene ring substituents is 1. The standard InChI is InChI=1S/C19H29N5O5/c1-21-17(14-18(26)22(2)19(21)27)20-9-11-23(12-13-25)10-3-4-15-5-7-16(8-6-15)24(28)29/h5-8,17,20,25H,3-4,9-14H2,1-2H3. The molecule has 1 aromatic carbocycles. The first-order chi connectivity index (χ1) is 13.8. The predicted molar refractivity (Wildman–Crippen MR) is 107 cm³/mol. The van der Waals surface area contributed by atoms with Crippen molar-refractivity contribution >= 4 is 17.6 Å². The zero-order chi connectivity index (χ0) is 21.4. The summed E-state index contributed by atoms with van der Waals surface area (Å²) in [6.07, 6.45) is 1.54. The average molecular weight is 407 g/mol. The molecule has 0 bridgehead atoms. The number of aliphatic hydroxyl groups excluding tert-OH is 1. The van der Waals surface area contributed by atoms with Gasteiger partial charge in [-0.1, -0.05) is 12.1 Å². The van der Waals surface area contributed by atoms with Gasteiger partial charge in [0.05, 0.1) is 24.1 Å². The Morgan fingerprint density at radius 2 is 1.90 bits per heavy atom. The number of aryl methyl sites for hydroxylation is 1. The van der Waals surface area contributed by atoms with E-state index in [-0.39, 0.29) is 36.8 Å². The van der Waals surface area contributed by atoms with Gasteiger partial charge in [-0.2, -0.15) is 0 Å². The van der Waals surface area contributed by atoms with Crippen LogP contribution in [0, 0.1) is 10.1 Å². The molecule has 1 aliphatic heterocycles. The van der Waals surface area contributed by atoms with Crippen molar-refractivity contribution in [3.8, 4) is 0 Å². The molecule has 1 aliphatic rings. The first-order valence-electron chi connectivity index (χ1n) is 9.66. The number of nitrogens with zero attached hydrogens (tertiary/aromatic N) is 4. The summed E-state index contributed by atoms with van der Waals surface area (Å²) >= 11 is 0. The fourth-order valence-electron chi connectivity index (χ4n) is 3.28. The van der Waals surface area contributed by atoms with Crippen LogP contribution >= 0.6 is 0 Å². The van der Waals surface area contributed by atoms with Crippen LogP contribution in [0.1, 0.15) is 18.4 Å². The molecule has 1 aromatic rings. The van der Waals surface area contributed by atoms with E-state index in [4.69, 9.17) is 0 Å². The molecule has 29 heavy (non-hydrogen) atoms. The zero-order valence-electron chi connectivity index (χ0n) is 16.9. The fraction of sp³-hybridized carbons (Fsp3) is 0.579. The fourth-order valence-corrected chi connectivity index (χ4v) is 3.28. The van der Waals surface area contributed by atoms with Crippen molar-refractivity contribution in [2.45, 2.75) is 25.4 Å². The van der Waals surface area contributed by atoms with Gasteiger partial charge < -0.3 is 10.0 Å². The highest BCUT2D eigenvalue weighted by molar-refractivity contribution is 5.96.